The molecule has 1 amide bonds. The van der Waals surface area contributed by atoms with Crippen molar-refractivity contribution in [3.05, 3.63) is 111 Å². The summed E-state index contributed by atoms with van der Waals surface area (Å²) < 4.78 is 27.9. The lowest BCUT2D eigenvalue weighted by Gasteiger charge is -2.09. The number of aromatic nitrogens is 3. The van der Waals surface area contributed by atoms with Crippen molar-refractivity contribution in [3.63, 3.8) is 0 Å². The topological polar surface area (TPSA) is 79.8 Å². The summed E-state index contributed by atoms with van der Waals surface area (Å²) in [5, 5.41) is 10.8. The van der Waals surface area contributed by atoms with Gasteiger partial charge < -0.3 is 9.88 Å². The number of fused-ring (bicyclic) bond motifs is 1. The molecule has 170 valence electrons. The molecular formula is C25H18F2N4O2S. The van der Waals surface area contributed by atoms with Crippen LogP contribution >= 0.6 is 11.3 Å². The first-order valence-corrected chi connectivity index (χ1v) is 11.2. The molecular weight excluding hydrogens is 458 g/mol. The third-order valence-electron chi connectivity index (χ3n) is 5.41. The summed E-state index contributed by atoms with van der Waals surface area (Å²) in [5.41, 5.74) is 1.88. The number of amides is 1. The van der Waals surface area contributed by atoms with Gasteiger partial charge in [-0.2, -0.15) is 5.10 Å². The Morgan fingerprint density at radius 3 is 2.79 bits per heavy atom. The largest absolute Gasteiger partial charge is 0.347 e. The van der Waals surface area contributed by atoms with Gasteiger partial charge in [0.2, 0.25) is 0 Å². The molecule has 0 aliphatic rings. The molecule has 0 aliphatic heterocycles. The van der Waals surface area contributed by atoms with Crippen LogP contribution in [-0.4, -0.2) is 20.7 Å². The van der Waals surface area contributed by atoms with Gasteiger partial charge in [0.05, 0.1) is 24.8 Å². The Morgan fingerprint density at radius 2 is 1.94 bits per heavy atom. The van der Waals surface area contributed by atoms with E-state index in [9.17, 15) is 18.4 Å². The fourth-order valence-electron chi connectivity index (χ4n) is 3.65. The number of carbonyl (C=O) groups is 1. The van der Waals surface area contributed by atoms with Crippen LogP contribution in [0.2, 0.25) is 0 Å². The van der Waals surface area contributed by atoms with Crippen molar-refractivity contribution in [2.75, 3.05) is 0 Å². The number of aromatic amines is 1. The van der Waals surface area contributed by atoms with Crippen molar-refractivity contribution in [2.24, 2.45) is 0 Å². The van der Waals surface area contributed by atoms with Crippen LogP contribution in [0.1, 0.15) is 20.8 Å². The molecule has 3 heterocycles. The van der Waals surface area contributed by atoms with Crippen molar-refractivity contribution >= 4 is 28.1 Å². The molecule has 3 aromatic heterocycles. The van der Waals surface area contributed by atoms with Gasteiger partial charge >= 0.3 is 0 Å². The number of thiophene rings is 1. The van der Waals surface area contributed by atoms with E-state index in [1.165, 1.54) is 22.9 Å². The Labute approximate surface area is 196 Å². The zero-order chi connectivity index (χ0) is 23.7. The number of halogens is 2. The lowest BCUT2D eigenvalue weighted by atomic mass is 10.1. The lowest BCUT2D eigenvalue weighted by molar-refractivity contribution is 0.0949. The number of benzene rings is 2. The average Bonchev–Trinajstić information content (AvgIpc) is 3.50. The Bertz CT molecular complexity index is 1570. The fraction of sp³-hybridized carbons (Fsp3) is 0.0800. The number of pyridine rings is 1. The quantitative estimate of drug-likeness (QED) is 0.373. The minimum absolute atomic E-state index is 0.0200. The summed E-state index contributed by atoms with van der Waals surface area (Å²) in [4.78, 5) is 27.5. The van der Waals surface area contributed by atoms with Crippen LogP contribution < -0.4 is 10.9 Å². The summed E-state index contributed by atoms with van der Waals surface area (Å²) >= 11 is 1.55. The van der Waals surface area contributed by atoms with Gasteiger partial charge in [0, 0.05) is 21.3 Å². The fourth-order valence-corrected chi connectivity index (χ4v) is 4.59. The Morgan fingerprint density at radius 1 is 1.06 bits per heavy atom. The number of hydrogen-bond donors (Lipinski definition) is 2. The molecule has 2 N–H and O–H groups in total. The summed E-state index contributed by atoms with van der Waals surface area (Å²) in [6.07, 6.45) is 3.27. The summed E-state index contributed by atoms with van der Waals surface area (Å²) in [5.74, 6) is -2.44. The van der Waals surface area contributed by atoms with E-state index >= 15 is 0 Å². The zero-order valence-corrected chi connectivity index (χ0v) is 18.5. The number of hydrogen-bond acceptors (Lipinski definition) is 4. The highest BCUT2D eigenvalue weighted by atomic mass is 32.1. The van der Waals surface area contributed by atoms with Crippen molar-refractivity contribution in [3.8, 4) is 10.4 Å². The molecule has 0 aliphatic carbocycles. The molecule has 0 atom stereocenters. The van der Waals surface area contributed by atoms with Crippen LogP contribution in [0, 0.1) is 11.6 Å². The van der Waals surface area contributed by atoms with Gasteiger partial charge in [0.25, 0.3) is 11.5 Å². The van der Waals surface area contributed by atoms with Crippen molar-refractivity contribution in [1.82, 2.24) is 20.1 Å². The smallest absolute Gasteiger partial charge is 0.263 e. The van der Waals surface area contributed by atoms with E-state index in [0.29, 0.717) is 5.56 Å². The maximum absolute atomic E-state index is 13.5. The van der Waals surface area contributed by atoms with Gasteiger partial charge in [0.1, 0.15) is 5.56 Å². The highest BCUT2D eigenvalue weighted by Gasteiger charge is 2.14. The van der Waals surface area contributed by atoms with Gasteiger partial charge in [-0.25, -0.2) is 8.78 Å². The number of rotatable bonds is 6. The lowest BCUT2D eigenvalue weighted by Crippen LogP contribution is -2.32. The van der Waals surface area contributed by atoms with Crippen LogP contribution in [0.4, 0.5) is 8.78 Å². The third kappa shape index (κ3) is 4.38. The predicted molar refractivity (Wildman–Crippen MR) is 127 cm³/mol. The Kier molecular flexibility index (Phi) is 5.77. The van der Waals surface area contributed by atoms with E-state index in [1.54, 1.807) is 23.6 Å². The molecule has 0 bridgehead atoms. The maximum atomic E-state index is 13.5. The molecule has 0 saturated carbocycles. The highest BCUT2D eigenvalue weighted by Crippen LogP contribution is 2.30. The standard InChI is InChI=1S/C25H18F2N4O2S/c26-20-7-3-15(10-21(20)27)14-31-9-1-2-19(25(31)33)24(32)28-13-18-6-8-23(34-18)16-4-5-17-12-29-30-22(17)11-16/h1-12H,13-14H2,(H,28,32)(H,29,30). The molecule has 0 spiro atoms. The van der Waals surface area contributed by atoms with Gasteiger partial charge in [0.15, 0.2) is 11.6 Å². The second-order valence-corrected chi connectivity index (χ2v) is 8.89. The van der Waals surface area contributed by atoms with E-state index < -0.39 is 23.1 Å². The van der Waals surface area contributed by atoms with Crippen LogP contribution in [0.15, 0.2) is 77.9 Å². The van der Waals surface area contributed by atoms with Crippen LogP contribution in [0.5, 0.6) is 0 Å². The van der Waals surface area contributed by atoms with Crippen molar-refractivity contribution in [2.45, 2.75) is 13.1 Å². The molecule has 0 fully saturated rings. The normalized spacial score (nSPS) is 11.1. The van der Waals surface area contributed by atoms with Crippen LogP contribution in [0.25, 0.3) is 21.3 Å². The molecule has 9 heteroatoms. The predicted octanol–water partition coefficient (Wildman–Crippen LogP) is 4.71. The van der Waals surface area contributed by atoms with E-state index in [-0.39, 0.29) is 18.7 Å². The summed E-state index contributed by atoms with van der Waals surface area (Å²) in [7, 11) is 0. The molecule has 5 aromatic rings. The summed E-state index contributed by atoms with van der Waals surface area (Å²) in [6, 6.07) is 16.4. The first kappa shape index (κ1) is 21.7. The molecule has 0 unspecified atom stereocenters. The number of nitrogens with zero attached hydrogens (tertiary/aromatic N) is 2. The Balaban J connectivity index is 1.28. The number of nitrogens with one attached hydrogen (secondary N) is 2. The maximum Gasteiger partial charge on any atom is 0.263 e. The molecule has 34 heavy (non-hydrogen) atoms. The first-order valence-electron chi connectivity index (χ1n) is 10.4. The van der Waals surface area contributed by atoms with Crippen molar-refractivity contribution < 1.29 is 13.6 Å². The summed E-state index contributed by atoms with van der Waals surface area (Å²) in [6.45, 7) is 0.291. The second-order valence-electron chi connectivity index (χ2n) is 7.72. The monoisotopic (exact) mass is 476 g/mol. The van der Waals surface area contributed by atoms with Gasteiger partial charge in [-0.3, -0.25) is 14.7 Å². The minimum Gasteiger partial charge on any atom is -0.347 e. The highest BCUT2D eigenvalue weighted by molar-refractivity contribution is 7.15. The molecule has 6 nitrogen and oxygen atoms in total. The molecule has 0 radical (unpaired) electrons. The molecule has 0 saturated heterocycles. The van der Waals surface area contributed by atoms with Gasteiger partial charge in [-0.15, -0.1) is 11.3 Å². The van der Waals surface area contributed by atoms with Crippen LogP contribution in [0.3, 0.4) is 0 Å². The average molecular weight is 477 g/mol. The van der Waals surface area contributed by atoms with Gasteiger partial charge in [-0.05, 0) is 53.6 Å². The number of H-pyrrole nitrogens is 1. The van der Waals surface area contributed by atoms with E-state index in [1.807, 2.05) is 30.3 Å². The van der Waals surface area contributed by atoms with Crippen molar-refractivity contribution in [1.29, 1.82) is 0 Å². The zero-order valence-electron chi connectivity index (χ0n) is 17.7. The van der Waals surface area contributed by atoms with E-state index in [0.717, 1.165) is 38.4 Å². The Hall–Kier alpha value is -4.11. The van der Waals surface area contributed by atoms with E-state index in [4.69, 9.17) is 0 Å². The first-order chi connectivity index (χ1) is 16.5. The minimum atomic E-state index is -0.987. The third-order valence-corrected chi connectivity index (χ3v) is 6.55. The molecule has 2 aromatic carbocycles. The SMILES string of the molecule is O=C(NCc1ccc(-c2ccc3cn[nH]c3c2)s1)c1cccn(Cc2ccc(F)c(F)c2)c1=O. The second kappa shape index (κ2) is 9.03. The molecule has 5 rings (SSSR count). The van der Waals surface area contributed by atoms with Crippen LogP contribution in [-0.2, 0) is 13.1 Å². The number of carbonyl (C=O) groups excluding carboxylic acids is 1. The van der Waals surface area contributed by atoms with Gasteiger partial charge in [-0.1, -0.05) is 18.2 Å². The van der Waals surface area contributed by atoms with E-state index in [2.05, 4.69) is 15.5 Å².